The Labute approximate surface area is 118 Å². The van der Waals surface area contributed by atoms with Crippen LogP contribution in [0.25, 0.3) is 0 Å². The van der Waals surface area contributed by atoms with Crippen molar-refractivity contribution in [1.82, 2.24) is 0 Å². The van der Waals surface area contributed by atoms with Crippen molar-refractivity contribution >= 4 is 17.6 Å². The summed E-state index contributed by atoms with van der Waals surface area (Å²) in [4.78, 5) is 23.1. The molecule has 1 rings (SSSR count). The molecule has 0 spiro atoms. The first kappa shape index (κ1) is 16.0. The number of ether oxygens (including phenoxy) is 1. The molecule has 0 saturated carbocycles. The van der Waals surface area contributed by atoms with E-state index in [4.69, 9.17) is 9.84 Å². The zero-order chi connectivity index (χ0) is 15.0. The Morgan fingerprint density at radius 3 is 2.40 bits per heavy atom. The molecule has 0 bridgehead atoms. The number of methoxy groups -OCH3 is 1. The maximum atomic E-state index is 12.0. The summed E-state index contributed by atoms with van der Waals surface area (Å²) in [5.41, 5.74) is 0.567. The van der Waals surface area contributed by atoms with E-state index >= 15 is 0 Å². The molecule has 20 heavy (non-hydrogen) atoms. The summed E-state index contributed by atoms with van der Waals surface area (Å²) in [6.07, 6.45) is 3.03. The van der Waals surface area contributed by atoms with Crippen molar-refractivity contribution in [2.45, 2.75) is 32.6 Å². The second-order valence-electron chi connectivity index (χ2n) is 4.60. The van der Waals surface area contributed by atoms with E-state index in [9.17, 15) is 9.59 Å². The van der Waals surface area contributed by atoms with Crippen molar-refractivity contribution in [1.29, 1.82) is 0 Å². The maximum Gasteiger partial charge on any atom is 0.316 e. The first-order valence-corrected chi connectivity index (χ1v) is 6.76. The lowest BCUT2D eigenvalue weighted by Gasteiger charge is -2.13. The molecule has 0 aliphatic carbocycles. The summed E-state index contributed by atoms with van der Waals surface area (Å²) in [5, 5.41) is 11.7. The Kier molecular flexibility index (Phi) is 6.56. The SMILES string of the molecule is CCCCCC(C(=O)O)C(=O)Nc1ccc(OC)cc1. The lowest BCUT2D eigenvalue weighted by molar-refractivity contribution is -0.145. The van der Waals surface area contributed by atoms with Crippen molar-refractivity contribution in [2.75, 3.05) is 12.4 Å². The third-order valence-electron chi connectivity index (χ3n) is 3.07. The summed E-state index contributed by atoms with van der Waals surface area (Å²) in [7, 11) is 1.56. The van der Waals surface area contributed by atoms with Crippen molar-refractivity contribution in [3.63, 3.8) is 0 Å². The number of carbonyl (C=O) groups excluding carboxylic acids is 1. The fraction of sp³-hybridized carbons (Fsp3) is 0.467. The van der Waals surface area contributed by atoms with Crippen molar-refractivity contribution in [3.05, 3.63) is 24.3 Å². The number of benzene rings is 1. The molecule has 5 heteroatoms. The van der Waals surface area contributed by atoms with E-state index in [-0.39, 0.29) is 0 Å². The highest BCUT2D eigenvalue weighted by Gasteiger charge is 2.25. The van der Waals surface area contributed by atoms with Crippen LogP contribution in [0.15, 0.2) is 24.3 Å². The van der Waals surface area contributed by atoms with Gasteiger partial charge in [-0.3, -0.25) is 9.59 Å². The van der Waals surface area contributed by atoms with Crippen LogP contribution in [0.1, 0.15) is 32.6 Å². The number of nitrogens with one attached hydrogen (secondary N) is 1. The van der Waals surface area contributed by atoms with Crippen LogP contribution in [0.4, 0.5) is 5.69 Å². The molecular formula is C15H21NO4. The smallest absolute Gasteiger partial charge is 0.316 e. The van der Waals surface area contributed by atoms with E-state index < -0.39 is 17.8 Å². The highest BCUT2D eigenvalue weighted by Crippen LogP contribution is 2.17. The molecule has 0 aliphatic rings. The molecule has 5 nitrogen and oxygen atoms in total. The number of amides is 1. The molecule has 2 N–H and O–H groups in total. The van der Waals surface area contributed by atoms with Gasteiger partial charge >= 0.3 is 5.97 Å². The van der Waals surface area contributed by atoms with Crippen LogP contribution >= 0.6 is 0 Å². The number of anilines is 1. The van der Waals surface area contributed by atoms with Crippen LogP contribution in [0, 0.1) is 5.92 Å². The number of aliphatic carboxylic acids is 1. The number of carboxylic acids is 1. The minimum atomic E-state index is -1.08. The van der Waals surface area contributed by atoms with Gasteiger partial charge in [-0.25, -0.2) is 0 Å². The van der Waals surface area contributed by atoms with Crippen LogP contribution in [-0.2, 0) is 9.59 Å². The van der Waals surface area contributed by atoms with E-state index in [2.05, 4.69) is 5.32 Å². The highest BCUT2D eigenvalue weighted by atomic mass is 16.5. The van der Waals surface area contributed by atoms with Crippen molar-refractivity contribution < 1.29 is 19.4 Å². The largest absolute Gasteiger partial charge is 0.497 e. The molecular weight excluding hydrogens is 258 g/mol. The van der Waals surface area contributed by atoms with Gasteiger partial charge in [0.15, 0.2) is 0 Å². The standard InChI is InChI=1S/C15H21NO4/c1-3-4-5-6-13(15(18)19)14(17)16-11-7-9-12(20-2)10-8-11/h7-10,13H,3-6H2,1-2H3,(H,16,17)(H,18,19). The second-order valence-corrected chi connectivity index (χ2v) is 4.60. The van der Waals surface area contributed by atoms with Gasteiger partial charge in [-0.05, 0) is 30.7 Å². The predicted octanol–water partition coefficient (Wildman–Crippen LogP) is 2.91. The Hall–Kier alpha value is -2.04. The molecule has 0 heterocycles. The van der Waals surface area contributed by atoms with Gasteiger partial charge in [0.2, 0.25) is 5.91 Å². The monoisotopic (exact) mass is 279 g/mol. The lowest BCUT2D eigenvalue weighted by atomic mass is 10.0. The molecule has 1 aromatic carbocycles. The summed E-state index contributed by atoms with van der Waals surface area (Å²) < 4.78 is 5.02. The molecule has 110 valence electrons. The molecule has 1 unspecified atom stereocenters. The second kappa shape index (κ2) is 8.19. The van der Waals surface area contributed by atoms with Gasteiger partial charge in [-0.1, -0.05) is 26.2 Å². The number of unbranched alkanes of at least 4 members (excludes halogenated alkanes) is 2. The van der Waals surface area contributed by atoms with Gasteiger partial charge in [0, 0.05) is 5.69 Å². The van der Waals surface area contributed by atoms with Gasteiger partial charge < -0.3 is 15.2 Å². The molecule has 1 aromatic rings. The fourth-order valence-corrected chi connectivity index (χ4v) is 1.87. The minimum absolute atomic E-state index is 0.366. The van der Waals surface area contributed by atoms with Gasteiger partial charge in [-0.2, -0.15) is 0 Å². The van der Waals surface area contributed by atoms with Crippen molar-refractivity contribution in [2.24, 2.45) is 5.92 Å². The van der Waals surface area contributed by atoms with E-state index in [0.29, 0.717) is 17.9 Å². The Morgan fingerprint density at radius 2 is 1.90 bits per heavy atom. The van der Waals surface area contributed by atoms with Crippen LogP contribution in [-0.4, -0.2) is 24.1 Å². The van der Waals surface area contributed by atoms with Crippen LogP contribution in [0.2, 0.25) is 0 Å². The molecule has 1 atom stereocenters. The minimum Gasteiger partial charge on any atom is -0.497 e. The van der Waals surface area contributed by atoms with Gasteiger partial charge in [-0.15, -0.1) is 0 Å². The fourth-order valence-electron chi connectivity index (χ4n) is 1.87. The van der Waals surface area contributed by atoms with E-state index in [0.717, 1.165) is 19.3 Å². The van der Waals surface area contributed by atoms with Crippen LogP contribution < -0.4 is 10.1 Å². The number of carbonyl (C=O) groups is 2. The Morgan fingerprint density at radius 1 is 1.25 bits per heavy atom. The van der Waals surface area contributed by atoms with Gasteiger partial charge in [0.1, 0.15) is 11.7 Å². The molecule has 0 saturated heterocycles. The summed E-state index contributed by atoms with van der Waals surface area (Å²) >= 11 is 0. The lowest BCUT2D eigenvalue weighted by Crippen LogP contribution is -2.29. The van der Waals surface area contributed by atoms with Crippen LogP contribution in [0.3, 0.4) is 0 Å². The van der Waals surface area contributed by atoms with Crippen molar-refractivity contribution in [3.8, 4) is 5.75 Å². The average Bonchev–Trinajstić information content (AvgIpc) is 2.44. The number of rotatable bonds is 8. The highest BCUT2D eigenvalue weighted by molar-refractivity contribution is 6.04. The quantitative estimate of drug-likeness (QED) is 0.566. The molecule has 0 fully saturated rings. The third kappa shape index (κ3) is 4.91. The number of hydrogen-bond donors (Lipinski definition) is 2. The maximum absolute atomic E-state index is 12.0. The topological polar surface area (TPSA) is 75.6 Å². The molecule has 0 radical (unpaired) electrons. The third-order valence-corrected chi connectivity index (χ3v) is 3.07. The first-order chi connectivity index (χ1) is 9.58. The number of hydrogen-bond acceptors (Lipinski definition) is 3. The summed E-state index contributed by atoms with van der Waals surface area (Å²) in [6, 6.07) is 6.79. The Balaban J connectivity index is 2.62. The zero-order valence-corrected chi connectivity index (χ0v) is 11.9. The summed E-state index contributed by atoms with van der Waals surface area (Å²) in [6.45, 7) is 2.03. The molecule has 1 amide bonds. The van der Waals surface area contributed by atoms with E-state index in [1.807, 2.05) is 6.92 Å². The first-order valence-electron chi connectivity index (χ1n) is 6.76. The number of carboxylic acid groups (broad SMARTS) is 1. The molecule has 0 aliphatic heterocycles. The van der Waals surface area contributed by atoms with E-state index in [1.54, 1.807) is 31.4 Å². The normalized spacial score (nSPS) is 11.7. The van der Waals surface area contributed by atoms with Crippen LogP contribution in [0.5, 0.6) is 5.75 Å². The molecule has 0 aromatic heterocycles. The predicted molar refractivity (Wildman–Crippen MR) is 76.9 cm³/mol. The zero-order valence-electron chi connectivity index (χ0n) is 11.9. The van der Waals surface area contributed by atoms with E-state index in [1.165, 1.54) is 0 Å². The average molecular weight is 279 g/mol. The Bertz CT molecular complexity index is 442. The van der Waals surface area contributed by atoms with Gasteiger partial charge in [0.25, 0.3) is 0 Å². The van der Waals surface area contributed by atoms with Gasteiger partial charge in [0.05, 0.1) is 7.11 Å². The summed E-state index contributed by atoms with van der Waals surface area (Å²) in [5.74, 6) is -1.87.